The van der Waals surface area contributed by atoms with E-state index in [0.717, 1.165) is 54.0 Å². The van der Waals surface area contributed by atoms with E-state index >= 15 is 0 Å². The lowest BCUT2D eigenvalue weighted by molar-refractivity contribution is -0.304. The lowest BCUT2D eigenvalue weighted by Crippen LogP contribution is -2.59. The van der Waals surface area contributed by atoms with Crippen LogP contribution in [-0.4, -0.2) is 77.3 Å². The Kier molecular flexibility index (Phi) is 8.66. The van der Waals surface area contributed by atoms with E-state index in [2.05, 4.69) is 14.9 Å². The molecule has 39 heavy (non-hydrogen) atoms. The van der Waals surface area contributed by atoms with Crippen molar-refractivity contribution < 1.29 is 29.9 Å². The van der Waals surface area contributed by atoms with Crippen LogP contribution < -0.4 is 5.43 Å². The molecule has 0 spiro atoms. The fraction of sp³-hybridized carbons (Fsp3) is 0.464. The fourth-order valence-corrected chi connectivity index (χ4v) is 5.10. The molecular weight excluding hydrogens is 504 g/mol. The summed E-state index contributed by atoms with van der Waals surface area (Å²) in [5.74, 6) is 0. The average Bonchev–Trinajstić information content (AvgIpc) is 3.42. The Hall–Kier alpha value is -3.19. The molecule has 1 saturated heterocycles. The van der Waals surface area contributed by atoms with Gasteiger partial charge in [-0.05, 0) is 37.1 Å². The van der Waals surface area contributed by atoms with Crippen molar-refractivity contribution in [2.45, 2.75) is 76.1 Å². The second-order valence-electron chi connectivity index (χ2n) is 9.91. The van der Waals surface area contributed by atoms with Crippen molar-refractivity contribution in [2.75, 3.05) is 6.61 Å². The van der Waals surface area contributed by atoms with Gasteiger partial charge < -0.3 is 34.5 Å². The smallest absolute Gasteiger partial charge is 0.197 e. The highest BCUT2D eigenvalue weighted by Gasteiger charge is 2.44. The van der Waals surface area contributed by atoms with Crippen LogP contribution in [-0.2, 0) is 29.2 Å². The van der Waals surface area contributed by atoms with Crippen molar-refractivity contribution in [1.29, 1.82) is 0 Å². The molecule has 208 valence electrons. The van der Waals surface area contributed by atoms with Crippen LogP contribution in [0, 0.1) is 0 Å². The van der Waals surface area contributed by atoms with Gasteiger partial charge in [-0.2, -0.15) is 0 Å². The van der Waals surface area contributed by atoms with E-state index in [1.165, 1.54) is 0 Å². The molecule has 0 unspecified atom stereocenters. The number of pyridine rings is 1. The normalized spacial score (nSPS) is 23.5. The maximum Gasteiger partial charge on any atom is 0.197 e. The summed E-state index contributed by atoms with van der Waals surface area (Å²) in [4.78, 5) is 12.9. The van der Waals surface area contributed by atoms with Crippen LogP contribution in [0.15, 0.2) is 59.5 Å². The van der Waals surface area contributed by atoms with Crippen LogP contribution in [0.3, 0.4) is 0 Å². The molecule has 5 atom stereocenters. The number of aliphatic hydroxyl groups excluding tert-OH is 4. The average molecular weight is 539 g/mol. The number of hydrogen-bond donors (Lipinski definition) is 4. The zero-order valence-electron chi connectivity index (χ0n) is 21.5. The number of aromatic nitrogens is 4. The van der Waals surface area contributed by atoms with Crippen molar-refractivity contribution in [1.82, 2.24) is 19.6 Å². The monoisotopic (exact) mass is 538 g/mol. The molecule has 11 heteroatoms. The van der Waals surface area contributed by atoms with Crippen molar-refractivity contribution in [3.63, 3.8) is 0 Å². The second kappa shape index (κ2) is 12.3. The molecule has 0 bridgehead atoms. The first-order chi connectivity index (χ1) is 19.0. The minimum absolute atomic E-state index is 0.00994. The molecule has 3 heterocycles. The van der Waals surface area contributed by atoms with Gasteiger partial charge in [0, 0.05) is 23.9 Å². The summed E-state index contributed by atoms with van der Waals surface area (Å²) in [5.41, 5.74) is 2.52. The van der Waals surface area contributed by atoms with Gasteiger partial charge >= 0.3 is 0 Å². The number of nitrogens with zero attached hydrogens (tertiary/aromatic N) is 4. The van der Waals surface area contributed by atoms with Gasteiger partial charge in [0.15, 0.2) is 11.7 Å². The zero-order valence-corrected chi connectivity index (χ0v) is 21.5. The topological polar surface area (TPSA) is 152 Å². The minimum atomic E-state index is -1.49. The number of rotatable bonds is 11. The third-order valence-electron chi connectivity index (χ3n) is 7.23. The molecule has 2 aromatic carbocycles. The van der Waals surface area contributed by atoms with E-state index in [4.69, 9.17) is 9.47 Å². The third-order valence-corrected chi connectivity index (χ3v) is 7.23. The van der Waals surface area contributed by atoms with E-state index < -0.39 is 37.3 Å². The molecule has 11 nitrogen and oxygen atoms in total. The number of hydrogen-bond acceptors (Lipinski definition) is 9. The number of fused-ring (bicyclic) bond motifs is 2. The van der Waals surface area contributed by atoms with Crippen LogP contribution in [0.2, 0.25) is 0 Å². The summed E-state index contributed by atoms with van der Waals surface area (Å²) < 4.78 is 14.8. The van der Waals surface area contributed by atoms with Crippen LogP contribution in [0.25, 0.3) is 21.8 Å². The van der Waals surface area contributed by atoms with Gasteiger partial charge in [0.25, 0.3) is 0 Å². The SMILES string of the molecule is O=c1c2ccccc2n(CCCCCCn2cc(CO[C@@H]3O[C@H](CO)[C@H](O)[C@H](O)[C@H]3O)nn2)c2ccccc12. The van der Waals surface area contributed by atoms with E-state index in [1.54, 1.807) is 10.9 Å². The highest BCUT2D eigenvalue weighted by molar-refractivity contribution is 5.93. The lowest BCUT2D eigenvalue weighted by atomic mass is 9.99. The van der Waals surface area contributed by atoms with Gasteiger partial charge in [-0.1, -0.05) is 42.3 Å². The molecule has 2 aromatic heterocycles. The molecule has 0 saturated carbocycles. The molecule has 5 rings (SSSR count). The van der Waals surface area contributed by atoms with Gasteiger partial charge in [0.2, 0.25) is 0 Å². The predicted molar refractivity (Wildman–Crippen MR) is 143 cm³/mol. The zero-order chi connectivity index (χ0) is 27.4. The molecule has 0 aliphatic carbocycles. The second-order valence-corrected chi connectivity index (χ2v) is 9.91. The van der Waals surface area contributed by atoms with Gasteiger partial charge in [-0.15, -0.1) is 5.10 Å². The Morgan fingerprint density at radius 1 is 0.846 bits per heavy atom. The van der Waals surface area contributed by atoms with Crippen molar-refractivity contribution in [2.24, 2.45) is 0 Å². The highest BCUT2D eigenvalue weighted by Crippen LogP contribution is 2.23. The van der Waals surface area contributed by atoms with E-state index in [0.29, 0.717) is 12.2 Å². The Labute approximate surface area is 224 Å². The van der Waals surface area contributed by atoms with Crippen LogP contribution in [0.1, 0.15) is 31.4 Å². The minimum Gasteiger partial charge on any atom is -0.394 e. The molecule has 0 radical (unpaired) electrons. The summed E-state index contributed by atoms with van der Waals surface area (Å²) >= 11 is 0. The van der Waals surface area contributed by atoms with Crippen LogP contribution in [0.4, 0.5) is 0 Å². The van der Waals surface area contributed by atoms with Crippen molar-refractivity contribution in [3.8, 4) is 0 Å². The highest BCUT2D eigenvalue weighted by atomic mass is 16.7. The van der Waals surface area contributed by atoms with Crippen molar-refractivity contribution >= 4 is 21.8 Å². The summed E-state index contributed by atoms with van der Waals surface area (Å²) in [5, 5.41) is 48.8. The Bertz CT molecular complexity index is 1390. The standard InChI is InChI=1S/C28H34N4O7/c33-16-23-25(35)26(36)27(37)28(39-23)38-17-18-15-31(30-29-18)13-7-1-2-8-14-32-21-11-5-3-9-19(21)24(34)20-10-4-6-12-22(20)32/h3-6,9-12,15,23,25-28,33,35-37H,1-2,7-8,13-14,16-17H2/t23-,25+,26+,27-,28-/m1/s1. The number of benzene rings is 2. The number of aryl methyl sites for hydroxylation is 2. The van der Waals surface area contributed by atoms with Crippen LogP contribution >= 0.6 is 0 Å². The van der Waals surface area contributed by atoms with E-state index in [9.17, 15) is 25.2 Å². The summed E-state index contributed by atoms with van der Waals surface area (Å²) in [6, 6.07) is 15.5. The quantitative estimate of drug-likeness (QED) is 0.164. The largest absolute Gasteiger partial charge is 0.394 e. The number of unbranched alkanes of at least 4 members (excludes halogenated alkanes) is 3. The Morgan fingerprint density at radius 2 is 1.49 bits per heavy atom. The molecular formula is C28H34N4O7. The van der Waals surface area contributed by atoms with E-state index in [1.807, 2.05) is 48.5 Å². The molecule has 4 N–H and O–H groups in total. The van der Waals surface area contributed by atoms with Gasteiger partial charge in [-0.3, -0.25) is 9.48 Å². The molecule has 1 fully saturated rings. The maximum atomic E-state index is 12.9. The molecule has 4 aromatic rings. The Morgan fingerprint density at radius 3 is 2.15 bits per heavy atom. The number of aliphatic hydroxyl groups is 4. The van der Waals surface area contributed by atoms with E-state index in [-0.39, 0.29) is 12.0 Å². The van der Waals surface area contributed by atoms with Gasteiger partial charge in [0.05, 0.1) is 30.4 Å². The summed E-state index contributed by atoms with van der Waals surface area (Å²) in [6.45, 7) is 0.990. The predicted octanol–water partition coefficient (Wildman–Crippen LogP) is 1.32. The molecule has 0 amide bonds. The maximum absolute atomic E-state index is 12.9. The van der Waals surface area contributed by atoms with Crippen LogP contribution in [0.5, 0.6) is 0 Å². The van der Waals surface area contributed by atoms with Gasteiger partial charge in [-0.25, -0.2) is 0 Å². The molecule has 1 aliphatic rings. The number of para-hydroxylation sites is 2. The first kappa shape index (κ1) is 27.4. The molecule has 1 aliphatic heterocycles. The Balaban J connectivity index is 1.09. The fourth-order valence-electron chi connectivity index (χ4n) is 5.10. The van der Waals surface area contributed by atoms with Crippen molar-refractivity contribution in [3.05, 3.63) is 70.6 Å². The third kappa shape index (κ3) is 5.88. The first-order valence-corrected chi connectivity index (χ1v) is 13.3. The lowest BCUT2D eigenvalue weighted by Gasteiger charge is -2.39. The first-order valence-electron chi connectivity index (χ1n) is 13.3. The summed E-state index contributed by atoms with van der Waals surface area (Å²) in [6.07, 6.45) is -0.918. The number of ether oxygens (including phenoxy) is 2. The van der Waals surface area contributed by atoms with Gasteiger partial charge in [0.1, 0.15) is 30.1 Å². The summed E-state index contributed by atoms with van der Waals surface area (Å²) in [7, 11) is 0.